The van der Waals surface area contributed by atoms with Gasteiger partial charge in [0.05, 0.1) is 0 Å². The summed E-state index contributed by atoms with van der Waals surface area (Å²) < 4.78 is 0. The number of aliphatic imine (C=N–C) groups is 1. The van der Waals surface area contributed by atoms with Crippen LogP contribution < -0.4 is 10.6 Å². The molecule has 1 aromatic rings. The Morgan fingerprint density at radius 1 is 1.32 bits per heavy atom. The second-order valence-corrected chi connectivity index (χ2v) is 5.85. The van der Waals surface area contributed by atoms with E-state index < -0.39 is 0 Å². The van der Waals surface area contributed by atoms with Gasteiger partial charge in [0.1, 0.15) is 5.15 Å². The molecule has 1 rings (SSSR count). The summed E-state index contributed by atoms with van der Waals surface area (Å²) in [7, 11) is 0. The van der Waals surface area contributed by atoms with Crippen molar-refractivity contribution in [2.75, 3.05) is 19.6 Å². The minimum atomic E-state index is 0. The SMILES string of the molecule is CCNC(=NCCCC(C)C)NCCc1ccc(Cl)nc1.I. The van der Waals surface area contributed by atoms with Crippen molar-refractivity contribution in [1.82, 2.24) is 15.6 Å². The second-order valence-electron chi connectivity index (χ2n) is 5.46. The van der Waals surface area contributed by atoms with E-state index in [4.69, 9.17) is 11.6 Å². The number of nitrogens with zero attached hydrogens (tertiary/aromatic N) is 2. The van der Waals surface area contributed by atoms with E-state index in [-0.39, 0.29) is 24.0 Å². The summed E-state index contributed by atoms with van der Waals surface area (Å²) in [6.07, 6.45) is 5.08. The van der Waals surface area contributed by atoms with Crippen molar-refractivity contribution >= 4 is 41.5 Å². The molecule has 0 aliphatic heterocycles. The predicted octanol–water partition coefficient (Wildman–Crippen LogP) is 3.89. The van der Waals surface area contributed by atoms with Gasteiger partial charge in [-0.1, -0.05) is 31.5 Å². The van der Waals surface area contributed by atoms with Crippen LogP contribution in [0.4, 0.5) is 0 Å². The summed E-state index contributed by atoms with van der Waals surface area (Å²) in [6.45, 7) is 9.14. The van der Waals surface area contributed by atoms with Crippen LogP contribution in [-0.2, 0) is 6.42 Å². The van der Waals surface area contributed by atoms with Crippen LogP contribution in [0.25, 0.3) is 0 Å². The Labute approximate surface area is 156 Å². The first-order valence-corrected chi connectivity index (χ1v) is 8.12. The molecule has 0 bridgehead atoms. The molecule has 2 N–H and O–H groups in total. The standard InChI is InChI=1S/C16H27ClN4.HI/c1-4-18-16(19-10-5-6-13(2)3)20-11-9-14-7-8-15(17)21-12-14;/h7-8,12-13H,4-6,9-11H2,1-3H3,(H2,18,19,20);1H. The van der Waals surface area contributed by atoms with Crippen molar-refractivity contribution in [3.8, 4) is 0 Å². The molecule has 1 aromatic heterocycles. The zero-order valence-electron chi connectivity index (χ0n) is 13.7. The van der Waals surface area contributed by atoms with Gasteiger partial charge in [0.2, 0.25) is 0 Å². The van der Waals surface area contributed by atoms with Gasteiger partial charge in [0.15, 0.2) is 5.96 Å². The lowest BCUT2D eigenvalue weighted by Crippen LogP contribution is -2.38. The third-order valence-electron chi connectivity index (χ3n) is 3.05. The molecule has 0 aliphatic rings. The van der Waals surface area contributed by atoms with Crippen LogP contribution in [0.15, 0.2) is 23.3 Å². The summed E-state index contributed by atoms with van der Waals surface area (Å²) in [6, 6.07) is 3.83. The van der Waals surface area contributed by atoms with Crippen molar-refractivity contribution in [2.24, 2.45) is 10.9 Å². The maximum absolute atomic E-state index is 5.77. The van der Waals surface area contributed by atoms with Crippen LogP contribution in [0.2, 0.25) is 5.15 Å². The first-order chi connectivity index (χ1) is 10.1. The molecule has 126 valence electrons. The average Bonchev–Trinajstić information content (AvgIpc) is 2.45. The van der Waals surface area contributed by atoms with Crippen LogP contribution in [0.5, 0.6) is 0 Å². The van der Waals surface area contributed by atoms with Crippen molar-refractivity contribution in [3.63, 3.8) is 0 Å². The molecule has 0 radical (unpaired) electrons. The van der Waals surface area contributed by atoms with Crippen molar-refractivity contribution in [2.45, 2.75) is 40.0 Å². The van der Waals surface area contributed by atoms with Crippen molar-refractivity contribution in [1.29, 1.82) is 0 Å². The lowest BCUT2D eigenvalue weighted by molar-refractivity contribution is 0.560. The number of guanidine groups is 1. The molecule has 0 spiro atoms. The number of nitrogens with one attached hydrogen (secondary N) is 2. The van der Waals surface area contributed by atoms with E-state index in [1.807, 2.05) is 18.3 Å². The Bertz CT molecular complexity index is 421. The monoisotopic (exact) mass is 438 g/mol. The molecule has 0 fully saturated rings. The van der Waals surface area contributed by atoms with Gasteiger partial charge in [-0.2, -0.15) is 0 Å². The van der Waals surface area contributed by atoms with Crippen LogP contribution in [0.3, 0.4) is 0 Å². The molecule has 4 nitrogen and oxygen atoms in total. The number of aromatic nitrogens is 1. The van der Waals surface area contributed by atoms with Crippen LogP contribution in [-0.4, -0.2) is 30.6 Å². The molecular weight excluding hydrogens is 411 g/mol. The highest BCUT2D eigenvalue weighted by atomic mass is 127. The van der Waals surface area contributed by atoms with E-state index >= 15 is 0 Å². The van der Waals surface area contributed by atoms with E-state index in [9.17, 15) is 0 Å². The zero-order valence-corrected chi connectivity index (χ0v) is 16.8. The Balaban J connectivity index is 0.00000441. The summed E-state index contributed by atoms with van der Waals surface area (Å²) in [5.74, 6) is 1.64. The van der Waals surface area contributed by atoms with Gasteiger partial charge >= 0.3 is 0 Å². The molecule has 0 aliphatic carbocycles. The minimum Gasteiger partial charge on any atom is -0.357 e. The van der Waals surface area contributed by atoms with E-state index in [1.54, 1.807) is 0 Å². The van der Waals surface area contributed by atoms with Gasteiger partial charge in [0.25, 0.3) is 0 Å². The first kappa shape index (κ1) is 21.4. The van der Waals surface area contributed by atoms with Gasteiger partial charge in [-0.15, -0.1) is 24.0 Å². The number of pyridine rings is 1. The largest absolute Gasteiger partial charge is 0.357 e. The van der Waals surface area contributed by atoms with Crippen molar-refractivity contribution in [3.05, 3.63) is 29.0 Å². The van der Waals surface area contributed by atoms with Crippen LogP contribution >= 0.6 is 35.6 Å². The smallest absolute Gasteiger partial charge is 0.191 e. The number of hydrogen-bond donors (Lipinski definition) is 2. The van der Waals surface area contributed by atoms with Crippen molar-refractivity contribution < 1.29 is 0 Å². The quantitative estimate of drug-likeness (QED) is 0.213. The summed E-state index contributed by atoms with van der Waals surface area (Å²) in [5, 5.41) is 7.15. The highest BCUT2D eigenvalue weighted by Gasteiger charge is 1.99. The van der Waals surface area contributed by atoms with E-state index in [1.165, 1.54) is 12.0 Å². The third-order valence-corrected chi connectivity index (χ3v) is 3.27. The zero-order chi connectivity index (χ0) is 15.5. The van der Waals surface area contributed by atoms with Crippen LogP contribution in [0.1, 0.15) is 39.2 Å². The predicted molar refractivity (Wildman–Crippen MR) is 106 cm³/mol. The summed E-state index contributed by atoms with van der Waals surface area (Å²) in [4.78, 5) is 8.67. The van der Waals surface area contributed by atoms with Gasteiger partial charge in [-0.3, -0.25) is 4.99 Å². The maximum Gasteiger partial charge on any atom is 0.191 e. The minimum absolute atomic E-state index is 0. The van der Waals surface area contributed by atoms with Gasteiger partial charge in [-0.25, -0.2) is 4.98 Å². The molecule has 0 atom stereocenters. The Morgan fingerprint density at radius 3 is 2.68 bits per heavy atom. The fraction of sp³-hybridized carbons (Fsp3) is 0.625. The molecule has 22 heavy (non-hydrogen) atoms. The lowest BCUT2D eigenvalue weighted by Gasteiger charge is -2.11. The molecule has 0 aromatic carbocycles. The second kappa shape index (κ2) is 12.9. The normalized spacial score (nSPS) is 11.2. The number of rotatable bonds is 8. The Morgan fingerprint density at radius 2 is 2.09 bits per heavy atom. The molecule has 0 amide bonds. The molecule has 0 unspecified atom stereocenters. The average molecular weight is 439 g/mol. The van der Waals surface area contributed by atoms with E-state index in [2.05, 4.69) is 41.4 Å². The van der Waals surface area contributed by atoms with E-state index in [0.717, 1.165) is 44.4 Å². The van der Waals surface area contributed by atoms with Gasteiger partial charge < -0.3 is 10.6 Å². The third kappa shape index (κ3) is 10.2. The summed E-state index contributed by atoms with van der Waals surface area (Å²) in [5.41, 5.74) is 1.17. The molecule has 6 heteroatoms. The Kier molecular flexibility index (Phi) is 12.6. The fourth-order valence-electron chi connectivity index (χ4n) is 1.91. The lowest BCUT2D eigenvalue weighted by atomic mass is 10.1. The first-order valence-electron chi connectivity index (χ1n) is 7.74. The summed E-state index contributed by atoms with van der Waals surface area (Å²) >= 11 is 5.77. The number of hydrogen-bond acceptors (Lipinski definition) is 2. The van der Waals surface area contributed by atoms with Crippen LogP contribution in [0, 0.1) is 5.92 Å². The maximum atomic E-state index is 5.77. The highest BCUT2D eigenvalue weighted by molar-refractivity contribution is 14.0. The van der Waals surface area contributed by atoms with E-state index in [0.29, 0.717) is 5.15 Å². The molecule has 1 heterocycles. The Hall–Kier alpha value is -0.560. The topological polar surface area (TPSA) is 49.3 Å². The number of halogens is 2. The molecular formula is C16H28ClIN4. The fourth-order valence-corrected chi connectivity index (χ4v) is 2.02. The highest BCUT2D eigenvalue weighted by Crippen LogP contribution is 2.05. The molecule has 0 saturated carbocycles. The van der Waals surface area contributed by atoms with Gasteiger partial charge in [-0.05, 0) is 43.7 Å². The van der Waals surface area contributed by atoms with Gasteiger partial charge in [0, 0.05) is 25.8 Å². The molecule has 0 saturated heterocycles.